The molecule has 4 rings (SSSR count). The lowest BCUT2D eigenvalue weighted by atomic mass is 9.83. The largest absolute Gasteiger partial charge is 0.425 e. The van der Waals surface area contributed by atoms with Gasteiger partial charge in [-0.1, -0.05) is 102 Å². The first-order chi connectivity index (χ1) is 18.2. The van der Waals surface area contributed by atoms with E-state index in [0.29, 0.717) is 17.6 Å². The topological polar surface area (TPSA) is 46.5 Å². The van der Waals surface area contributed by atoms with Gasteiger partial charge in [-0.15, -0.1) is 0 Å². The second-order valence-electron chi connectivity index (χ2n) is 11.7. The molecule has 1 saturated carbocycles. The normalized spacial score (nSPS) is 15.2. The van der Waals surface area contributed by atoms with Gasteiger partial charge in [-0.25, -0.2) is 0 Å². The third-order valence-electron chi connectivity index (χ3n) is 8.17. The molecular weight excluding hydrogens is 468 g/mol. The number of esters is 1. The van der Waals surface area contributed by atoms with Gasteiger partial charge in [-0.05, 0) is 77.8 Å². The van der Waals surface area contributed by atoms with E-state index in [1.165, 1.54) is 17.5 Å². The van der Waals surface area contributed by atoms with Gasteiger partial charge in [0, 0.05) is 11.1 Å². The number of aliphatic hydroxyl groups is 1. The van der Waals surface area contributed by atoms with Crippen molar-refractivity contribution in [1.29, 1.82) is 0 Å². The van der Waals surface area contributed by atoms with Gasteiger partial charge in [0.05, 0.1) is 12.5 Å². The number of benzene rings is 3. The van der Waals surface area contributed by atoms with Crippen LogP contribution in [0, 0.1) is 19.8 Å². The number of aliphatic hydroxyl groups excluding tert-OH is 1. The maximum atomic E-state index is 13.5. The van der Waals surface area contributed by atoms with E-state index in [0.717, 1.165) is 59.1 Å². The molecule has 3 aromatic carbocycles. The van der Waals surface area contributed by atoms with Crippen LogP contribution in [0.4, 0.5) is 0 Å². The van der Waals surface area contributed by atoms with Crippen LogP contribution in [-0.2, 0) is 4.79 Å². The number of rotatable bonds is 8. The monoisotopic (exact) mass is 512 g/mol. The first-order valence-corrected chi connectivity index (χ1v) is 14.4. The molecule has 3 aromatic rings. The summed E-state index contributed by atoms with van der Waals surface area (Å²) < 4.78 is 6.38. The lowest BCUT2D eigenvalue weighted by molar-refractivity contribution is -0.137. The van der Waals surface area contributed by atoms with Crippen molar-refractivity contribution in [1.82, 2.24) is 0 Å². The number of hydrogen-bond acceptors (Lipinski definition) is 3. The van der Waals surface area contributed by atoms with Crippen LogP contribution in [0.5, 0.6) is 5.75 Å². The summed E-state index contributed by atoms with van der Waals surface area (Å²) in [4.78, 5) is 13.5. The lowest BCUT2D eigenvalue weighted by Gasteiger charge is -2.27. The summed E-state index contributed by atoms with van der Waals surface area (Å²) in [6.45, 7) is 13.0. The number of carbonyl (C=O) groups excluding carboxylic acids is 1. The summed E-state index contributed by atoms with van der Waals surface area (Å²) in [5.41, 5.74) is 8.74. The highest BCUT2D eigenvalue weighted by Crippen LogP contribution is 2.47. The van der Waals surface area contributed by atoms with Crippen molar-refractivity contribution in [2.24, 2.45) is 5.92 Å². The summed E-state index contributed by atoms with van der Waals surface area (Å²) in [6, 6.07) is 19.1. The average molecular weight is 513 g/mol. The molecule has 3 heteroatoms. The molecule has 1 fully saturated rings. The van der Waals surface area contributed by atoms with Crippen molar-refractivity contribution < 1.29 is 14.6 Å². The highest BCUT2D eigenvalue weighted by atomic mass is 16.5. The van der Waals surface area contributed by atoms with Gasteiger partial charge in [-0.2, -0.15) is 0 Å². The van der Waals surface area contributed by atoms with Crippen LogP contribution in [0.1, 0.15) is 100 Å². The van der Waals surface area contributed by atoms with Gasteiger partial charge in [0.1, 0.15) is 5.75 Å². The fourth-order valence-electron chi connectivity index (χ4n) is 6.19. The van der Waals surface area contributed by atoms with Crippen LogP contribution in [0.25, 0.3) is 22.3 Å². The zero-order valence-electron chi connectivity index (χ0n) is 24.0. The number of ether oxygens (including phenoxy) is 1. The van der Waals surface area contributed by atoms with E-state index in [1.807, 2.05) is 0 Å². The Morgan fingerprint density at radius 1 is 0.816 bits per heavy atom. The molecule has 3 nitrogen and oxygen atoms in total. The van der Waals surface area contributed by atoms with E-state index < -0.39 is 6.10 Å². The minimum Gasteiger partial charge on any atom is -0.425 e. The van der Waals surface area contributed by atoms with Crippen molar-refractivity contribution in [3.63, 3.8) is 0 Å². The summed E-state index contributed by atoms with van der Waals surface area (Å²) in [5.74, 6) is 1.06. The fourth-order valence-corrected chi connectivity index (χ4v) is 6.19. The molecule has 0 heterocycles. The van der Waals surface area contributed by atoms with E-state index in [9.17, 15) is 9.90 Å². The predicted octanol–water partition coefficient (Wildman–Crippen LogP) is 9.12. The number of aryl methyl sites for hydroxylation is 2. The zero-order chi connectivity index (χ0) is 27.4. The molecule has 0 aliphatic heterocycles. The van der Waals surface area contributed by atoms with Gasteiger partial charge >= 0.3 is 5.97 Å². The highest BCUT2D eigenvalue weighted by molar-refractivity contribution is 5.91. The Morgan fingerprint density at radius 3 is 1.76 bits per heavy atom. The molecule has 0 radical (unpaired) electrons. The molecule has 1 aliphatic carbocycles. The van der Waals surface area contributed by atoms with E-state index in [2.05, 4.69) is 96.1 Å². The van der Waals surface area contributed by atoms with Crippen molar-refractivity contribution >= 4 is 5.97 Å². The molecule has 202 valence electrons. The van der Waals surface area contributed by atoms with Gasteiger partial charge in [-0.3, -0.25) is 4.79 Å². The maximum Gasteiger partial charge on any atom is 0.313 e. The van der Waals surface area contributed by atoms with E-state index in [1.54, 1.807) is 0 Å². The van der Waals surface area contributed by atoms with Gasteiger partial charge in [0.15, 0.2) is 0 Å². The molecule has 0 spiro atoms. The maximum absolute atomic E-state index is 13.5. The summed E-state index contributed by atoms with van der Waals surface area (Å²) in [7, 11) is 0. The number of carbonyl (C=O) groups is 1. The minimum absolute atomic E-state index is 0.0220. The van der Waals surface area contributed by atoms with Crippen LogP contribution in [0.3, 0.4) is 0 Å². The third kappa shape index (κ3) is 6.04. The van der Waals surface area contributed by atoms with Crippen molar-refractivity contribution in [2.45, 2.75) is 98.0 Å². The smallest absolute Gasteiger partial charge is 0.313 e. The Bertz CT molecular complexity index is 1190. The minimum atomic E-state index is -0.661. The van der Waals surface area contributed by atoms with Gasteiger partial charge in [0.25, 0.3) is 0 Å². The summed E-state index contributed by atoms with van der Waals surface area (Å²) in [6.07, 6.45) is 4.80. The fraction of sp³-hybridized carbons (Fsp3) is 0.457. The predicted molar refractivity (Wildman–Crippen MR) is 158 cm³/mol. The Morgan fingerprint density at radius 2 is 1.29 bits per heavy atom. The Labute approximate surface area is 229 Å². The zero-order valence-corrected chi connectivity index (χ0v) is 24.0. The van der Waals surface area contributed by atoms with Crippen LogP contribution < -0.4 is 4.74 Å². The molecule has 38 heavy (non-hydrogen) atoms. The van der Waals surface area contributed by atoms with Gasteiger partial charge in [0.2, 0.25) is 0 Å². The number of hydrogen-bond donors (Lipinski definition) is 1. The quantitative estimate of drug-likeness (QED) is 0.242. The molecule has 0 saturated heterocycles. The second-order valence-corrected chi connectivity index (χ2v) is 11.7. The van der Waals surface area contributed by atoms with Crippen molar-refractivity contribution in [2.75, 3.05) is 0 Å². The second kappa shape index (κ2) is 12.3. The molecule has 1 aliphatic rings. The first-order valence-electron chi connectivity index (χ1n) is 14.4. The molecule has 0 bridgehead atoms. The van der Waals surface area contributed by atoms with Crippen LogP contribution in [0.15, 0.2) is 54.6 Å². The van der Waals surface area contributed by atoms with Crippen molar-refractivity contribution in [3.8, 4) is 28.0 Å². The molecular formula is C35H44O3. The van der Waals surface area contributed by atoms with E-state index >= 15 is 0 Å². The highest BCUT2D eigenvalue weighted by Gasteiger charge is 2.28. The SMILES string of the molecule is Cc1cc(C)c(-c2ccccc2C(C)C)c(OC(=O)C[C@@H](O)C2CCCCC2)c1-c1ccccc1C(C)C. The average Bonchev–Trinajstić information content (AvgIpc) is 2.89. The standard InChI is InChI=1S/C35H44O3/c1-22(2)27-16-10-12-18-29(27)33-24(5)20-25(6)34(30-19-13-11-17-28(30)23(3)4)35(33)38-32(37)21-31(36)26-14-8-7-9-15-26/h10-13,16-20,22-23,26,31,36H,7-9,14-15,21H2,1-6H3/t31-/m1/s1. The summed E-state index contributed by atoms with van der Waals surface area (Å²) >= 11 is 0. The Hall–Kier alpha value is -2.91. The Kier molecular flexibility index (Phi) is 9.10. The van der Waals surface area contributed by atoms with Crippen molar-refractivity contribution in [3.05, 3.63) is 76.9 Å². The first kappa shape index (κ1) is 28.1. The molecule has 1 atom stereocenters. The lowest BCUT2D eigenvalue weighted by Crippen LogP contribution is -2.27. The molecule has 0 unspecified atom stereocenters. The molecule has 0 amide bonds. The van der Waals surface area contributed by atoms with Crippen LogP contribution in [0.2, 0.25) is 0 Å². The Balaban J connectivity index is 1.88. The van der Waals surface area contributed by atoms with Crippen LogP contribution >= 0.6 is 0 Å². The molecule has 1 N–H and O–H groups in total. The van der Waals surface area contributed by atoms with E-state index in [-0.39, 0.29) is 18.3 Å². The third-order valence-corrected chi connectivity index (χ3v) is 8.17. The van der Waals surface area contributed by atoms with Crippen LogP contribution in [-0.4, -0.2) is 17.2 Å². The van der Waals surface area contributed by atoms with E-state index in [4.69, 9.17) is 4.74 Å². The molecule has 0 aromatic heterocycles. The van der Waals surface area contributed by atoms with Gasteiger partial charge < -0.3 is 9.84 Å². The summed E-state index contributed by atoms with van der Waals surface area (Å²) in [5, 5.41) is 10.9.